The second kappa shape index (κ2) is 3.95. The molecule has 2 atom stereocenters. The number of aromatic nitrogens is 1. The summed E-state index contributed by atoms with van der Waals surface area (Å²) in [6.45, 7) is 4.08. The number of carbonyl (C=O) groups excluding carboxylic acids is 1. The molecule has 2 aliphatic heterocycles. The van der Waals surface area contributed by atoms with Crippen LogP contribution in [-0.2, 0) is 0 Å². The molecule has 0 radical (unpaired) electrons. The van der Waals surface area contributed by atoms with Crippen molar-refractivity contribution < 1.29 is 9.32 Å². The number of hydrogen-bond donors (Lipinski definition) is 0. The van der Waals surface area contributed by atoms with Crippen molar-refractivity contribution in [2.24, 2.45) is 0 Å². The second-order valence-electron chi connectivity index (χ2n) is 6.14. The molecule has 4 nitrogen and oxygen atoms in total. The molecule has 0 aromatic carbocycles. The molecule has 4 heteroatoms. The lowest BCUT2D eigenvalue weighted by molar-refractivity contribution is 0.0624. The van der Waals surface area contributed by atoms with E-state index in [0.717, 1.165) is 44.3 Å². The van der Waals surface area contributed by atoms with Gasteiger partial charge in [0.25, 0.3) is 5.91 Å². The maximum Gasteiger partial charge on any atom is 0.276 e. The summed E-state index contributed by atoms with van der Waals surface area (Å²) in [5, 5.41) is 3.98. The van der Waals surface area contributed by atoms with Gasteiger partial charge in [0.1, 0.15) is 5.76 Å². The van der Waals surface area contributed by atoms with Crippen molar-refractivity contribution >= 4 is 5.91 Å². The van der Waals surface area contributed by atoms with Crippen molar-refractivity contribution in [3.05, 3.63) is 29.7 Å². The van der Waals surface area contributed by atoms with Crippen LogP contribution in [0.25, 0.3) is 0 Å². The van der Waals surface area contributed by atoms with Crippen LogP contribution in [0.5, 0.6) is 0 Å². The average molecular weight is 258 g/mol. The van der Waals surface area contributed by atoms with Gasteiger partial charge in [-0.2, -0.15) is 0 Å². The maximum absolute atomic E-state index is 12.6. The SMILES string of the molecule is C=C1CC2CCC(C1)N2C(=O)c1cc(C2CC2)on1. The summed E-state index contributed by atoms with van der Waals surface area (Å²) >= 11 is 0. The van der Waals surface area contributed by atoms with Crippen molar-refractivity contribution in [2.75, 3.05) is 0 Å². The van der Waals surface area contributed by atoms with Gasteiger partial charge in [-0.1, -0.05) is 17.3 Å². The highest BCUT2D eigenvalue weighted by atomic mass is 16.5. The molecule has 1 saturated carbocycles. The quantitative estimate of drug-likeness (QED) is 0.766. The van der Waals surface area contributed by atoms with Gasteiger partial charge < -0.3 is 9.42 Å². The number of nitrogens with zero attached hydrogens (tertiary/aromatic N) is 2. The minimum Gasteiger partial charge on any atom is -0.360 e. The fourth-order valence-corrected chi connectivity index (χ4v) is 3.53. The van der Waals surface area contributed by atoms with Crippen LogP contribution in [0.15, 0.2) is 22.7 Å². The number of amides is 1. The van der Waals surface area contributed by atoms with Crippen molar-refractivity contribution in [1.82, 2.24) is 10.1 Å². The molecule has 2 unspecified atom stereocenters. The molecule has 100 valence electrons. The van der Waals surface area contributed by atoms with Crippen molar-refractivity contribution in [3.63, 3.8) is 0 Å². The summed E-state index contributed by atoms with van der Waals surface area (Å²) in [7, 11) is 0. The monoisotopic (exact) mass is 258 g/mol. The van der Waals surface area contributed by atoms with Crippen molar-refractivity contribution in [3.8, 4) is 0 Å². The minimum absolute atomic E-state index is 0.0515. The van der Waals surface area contributed by atoms with Gasteiger partial charge in [0.15, 0.2) is 5.69 Å². The van der Waals surface area contributed by atoms with E-state index in [1.807, 2.05) is 11.0 Å². The fourth-order valence-electron chi connectivity index (χ4n) is 3.53. The van der Waals surface area contributed by atoms with E-state index < -0.39 is 0 Å². The molecule has 2 bridgehead atoms. The summed E-state index contributed by atoms with van der Waals surface area (Å²) in [6.07, 6.45) is 6.44. The van der Waals surface area contributed by atoms with Gasteiger partial charge in [-0.3, -0.25) is 4.79 Å². The fraction of sp³-hybridized carbons (Fsp3) is 0.600. The first kappa shape index (κ1) is 11.3. The third-order valence-corrected chi connectivity index (χ3v) is 4.63. The molecular formula is C15H18N2O2. The van der Waals surface area contributed by atoms with E-state index in [9.17, 15) is 4.79 Å². The number of piperidine rings is 1. The van der Waals surface area contributed by atoms with E-state index in [1.54, 1.807) is 0 Å². The number of rotatable bonds is 2. The lowest BCUT2D eigenvalue weighted by Crippen LogP contribution is -2.44. The largest absolute Gasteiger partial charge is 0.360 e. The summed E-state index contributed by atoms with van der Waals surface area (Å²) in [5.74, 6) is 1.44. The lowest BCUT2D eigenvalue weighted by Gasteiger charge is -2.35. The Morgan fingerprint density at radius 3 is 2.58 bits per heavy atom. The van der Waals surface area contributed by atoms with E-state index in [0.29, 0.717) is 23.7 Å². The van der Waals surface area contributed by atoms with Crippen LogP contribution < -0.4 is 0 Å². The highest BCUT2D eigenvalue weighted by Crippen LogP contribution is 2.41. The average Bonchev–Trinajstić information content (AvgIpc) is 3.05. The van der Waals surface area contributed by atoms with E-state index in [2.05, 4.69) is 11.7 Å². The van der Waals surface area contributed by atoms with Gasteiger partial charge >= 0.3 is 0 Å². The van der Waals surface area contributed by atoms with Crippen LogP contribution in [0.3, 0.4) is 0 Å². The predicted molar refractivity (Wildman–Crippen MR) is 69.8 cm³/mol. The van der Waals surface area contributed by atoms with E-state index >= 15 is 0 Å². The highest BCUT2D eigenvalue weighted by Gasteiger charge is 2.42. The number of hydrogen-bond acceptors (Lipinski definition) is 3. The lowest BCUT2D eigenvalue weighted by atomic mass is 9.98. The molecule has 4 rings (SSSR count). The Morgan fingerprint density at radius 1 is 1.26 bits per heavy atom. The zero-order valence-electron chi connectivity index (χ0n) is 11.0. The third-order valence-electron chi connectivity index (χ3n) is 4.63. The Bertz CT molecular complexity index is 528. The first-order valence-electron chi connectivity index (χ1n) is 7.18. The van der Waals surface area contributed by atoms with E-state index in [1.165, 1.54) is 5.57 Å². The third kappa shape index (κ3) is 1.81. The molecule has 19 heavy (non-hydrogen) atoms. The molecule has 0 spiro atoms. The Kier molecular flexibility index (Phi) is 2.34. The van der Waals surface area contributed by atoms with Crippen molar-refractivity contribution in [1.29, 1.82) is 0 Å². The Morgan fingerprint density at radius 2 is 1.95 bits per heavy atom. The van der Waals surface area contributed by atoms with Crippen LogP contribution in [-0.4, -0.2) is 28.0 Å². The topological polar surface area (TPSA) is 46.3 Å². The minimum atomic E-state index is 0.0515. The van der Waals surface area contributed by atoms with Crippen LogP contribution in [0.4, 0.5) is 0 Å². The normalized spacial score (nSPS) is 29.9. The summed E-state index contributed by atoms with van der Waals surface area (Å²) < 4.78 is 5.30. The molecule has 1 aromatic heterocycles. The number of fused-ring (bicyclic) bond motifs is 2. The number of carbonyl (C=O) groups is 1. The predicted octanol–water partition coefficient (Wildman–Crippen LogP) is 2.88. The molecule has 3 heterocycles. The molecule has 1 aromatic rings. The van der Waals surface area contributed by atoms with Crippen LogP contribution in [0.2, 0.25) is 0 Å². The van der Waals surface area contributed by atoms with Gasteiger partial charge in [-0.15, -0.1) is 0 Å². The van der Waals surface area contributed by atoms with Crippen LogP contribution >= 0.6 is 0 Å². The van der Waals surface area contributed by atoms with E-state index in [4.69, 9.17) is 4.52 Å². The van der Waals surface area contributed by atoms with E-state index in [-0.39, 0.29) is 5.91 Å². The zero-order chi connectivity index (χ0) is 13.0. The Labute approximate surface area is 112 Å². The Balaban J connectivity index is 1.57. The standard InChI is InChI=1S/C15H18N2O2/c1-9-6-11-4-5-12(7-9)17(11)15(18)13-8-14(19-16-13)10-2-3-10/h8,10-12H,1-7H2. The zero-order valence-corrected chi connectivity index (χ0v) is 11.0. The Hall–Kier alpha value is -1.58. The van der Waals surface area contributed by atoms with Crippen LogP contribution in [0, 0.1) is 0 Å². The molecule has 2 saturated heterocycles. The van der Waals surface area contributed by atoms with Crippen LogP contribution in [0.1, 0.15) is 60.7 Å². The molecule has 0 N–H and O–H groups in total. The molecule has 3 fully saturated rings. The molecule has 1 aliphatic carbocycles. The van der Waals surface area contributed by atoms with Gasteiger partial charge in [-0.05, 0) is 38.5 Å². The first-order chi connectivity index (χ1) is 9.22. The van der Waals surface area contributed by atoms with Gasteiger partial charge in [0.2, 0.25) is 0 Å². The smallest absolute Gasteiger partial charge is 0.276 e. The second-order valence-corrected chi connectivity index (χ2v) is 6.14. The van der Waals surface area contributed by atoms with Gasteiger partial charge in [0.05, 0.1) is 0 Å². The first-order valence-corrected chi connectivity index (χ1v) is 7.18. The van der Waals surface area contributed by atoms with Crippen molar-refractivity contribution in [2.45, 2.75) is 56.5 Å². The molecular weight excluding hydrogens is 240 g/mol. The summed E-state index contributed by atoms with van der Waals surface area (Å²) in [4.78, 5) is 14.6. The van der Waals surface area contributed by atoms with Gasteiger partial charge in [0, 0.05) is 24.1 Å². The summed E-state index contributed by atoms with van der Waals surface area (Å²) in [6, 6.07) is 2.52. The molecule has 3 aliphatic rings. The summed E-state index contributed by atoms with van der Waals surface area (Å²) in [5.41, 5.74) is 1.78. The molecule has 1 amide bonds. The van der Waals surface area contributed by atoms with Gasteiger partial charge in [-0.25, -0.2) is 0 Å². The maximum atomic E-state index is 12.6. The highest BCUT2D eigenvalue weighted by molar-refractivity contribution is 5.93.